The first-order valence-electron chi connectivity index (χ1n) is 5.96. The van der Waals surface area contributed by atoms with Crippen molar-refractivity contribution in [1.29, 1.82) is 0 Å². The van der Waals surface area contributed by atoms with E-state index in [1.165, 1.54) is 11.3 Å². The Kier molecular flexibility index (Phi) is 3.65. The third-order valence-corrected chi connectivity index (χ3v) is 4.22. The largest absolute Gasteiger partial charge is 0.481 e. The van der Waals surface area contributed by atoms with Crippen molar-refractivity contribution < 1.29 is 14.7 Å². The predicted molar refractivity (Wildman–Crippen MR) is 67.8 cm³/mol. The summed E-state index contributed by atoms with van der Waals surface area (Å²) in [7, 11) is 0. The van der Waals surface area contributed by atoms with Gasteiger partial charge in [0.1, 0.15) is 5.69 Å². The monoisotopic (exact) mass is 268 g/mol. The van der Waals surface area contributed by atoms with Gasteiger partial charge >= 0.3 is 5.97 Å². The molecule has 0 saturated heterocycles. The molecule has 0 spiro atoms. The Morgan fingerprint density at radius 1 is 1.50 bits per heavy atom. The molecule has 2 rings (SSSR count). The van der Waals surface area contributed by atoms with Gasteiger partial charge in [-0.25, -0.2) is 4.98 Å². The van der Waals surface area contributed by atoms with Crippen LogP contribution in [0.5, 0.6) is 0 Å². The van der Waals surface area contributed by atoms with Gasteiger partial charge < -0.3 is 10.4 Å². The summed E-state index contributed by atoms with van der Waals surface area (Å²) in [5, 5.41) is 14.2. The van der Waals surface area contributed by atoms with Gasteiger partial charge in [0.15, 0.2) is 0 Å². The first-order valence-corrected chi connectivity index (χ1v) is 6.84. The summed E-state index contributed by atoms with van der Waals surface area (Å²) in [6, 6.07) is -0.0252. The second kappa shape index (κ2) is 5.06. The zero-order chi connectivity index (χ0) is 13.3. The van der Waals surface area contributed by atoms with Gasteiger partial charge in [0, 0.05) is 17.3 Å². The van der Waals surface area contributed by atoms with Crippen molar-refractivity contribution in [2.24, 2.45) is 5.92 Å². The van der Waals surface area contributed by atoms with Crippen molar-refractivity contribution in [1.82, 2.24) is 10.3 Å². The number of hydrogen-bond donors (Lipinski definition) is 2. The lowest BCUT2D eigenvalue weighted by Gasteiger charge is -2.32. The van der Waals surface area contributed by atoms with Gasteiger partial charge in [-0.05, 0) is 12.8 Å². The first kappa shape index (κ1) is 13.0. The van der Waals surface area contributed by atoms with Crippen LogP contribution < -0.4 is 5.32 Å². The van der Waals surface area contributed by atoms with Gasteiger partial charge in [-0.3, -0.25) is 9.59 Å². The summed E-state index contributed by atoms with van der Waals surface area (Å²) < 4.78 is 0. The fraction of sp³-hybridized carbons (Fsp3) is 0.583. The molecule has 0 aliphatic heterocycles. The highest BCUT2D eigenvalue weighted by molar-refractivity contribution is 7.09. The molecule has 6 heteroatoms. The number of hydrogen-bond acceptors (Lipinski definition) is 4. The molecular formula is C12H16N2O3S. The minimum atomic E-state index is -0.781. The fourth-order valence-corrected chi connectivity index (χ4v) is 2.67. The molecular weight excluding hydrogens is 252 g/mol. The zero-order valence-electron chi connectivity index (χ0n) is 10.3. The minimum Gasteiger partial charge on any atom is -0.481 e. The smallest absolute Gasteiger partial charge is 0.306 e. The van der Waals surface area contributed by atoms with E-state index < -0.39 is 5.97 Å². The Bertz CT molecular complexity index is 464. The molecule has 1 aromatic heterocycles. The molecule has 0 atom stereocenters. The quantitative estimate of drug-likeness (QED) is 0.873. The van der Waals surface area contributed by atoms with E-state index in [1.807, 2.05) is 13.8 Å². The number of carboxylic acid groups (broad SMARTS) is 1. The van der Waals surface area contributed by atoms with E-state index in [2.05, 4.69) is 10.3 Å². The number of carbonyl (C=O) groups is 2. The van der Waals surface area contributed by atoms with Gasteiger partial charge in [0.25, 0.3) is 5.91 Å². The molecule has 1 saturated carbocycles. The standard InChI is InChI=1S/C12H16N2O3S/c1-6(2)11-14-9(5-18-11)10(15)13-8-3-7(4-8)12(16)17/h5-8H,3-4H2,1-2H3,(H,13,15)(H,16,17). The van der Waals surface area contributed by atoms with Gasteiger partial charge in [0.2, 0.25) is 0 Å². The number of thiazole rings is 1. The van der Waals surface area contributed by atoms with Crippen LogP contribution in [0.3, 0.4) is 0 Å². The van der Waals surface area contributed by atoms with Crippen molar-refractivity contribution in [3.05, 3.63) is 16.1 Å². The fourth-order valence-electron chi connectivity index (χ4n) is 1.85. The van der Waals surface area contributed by atoms with Crippen LogP contribution in [0, 0.1) is 5.92 Å². The molecule has 1 aliphatic rings. The number of nitrogens with zero attached hydrogens (tertiary/aromatic N) is 1. The lowest BCUT2D eigenvalue weighted by molar-refractivity contribution is -0.145. The van der Waals surface area contributed by atoms with Gasteiger partial charge in [-0.15, -0.1) is 11.3 Å². The molecule has 2 N–H and O–H groups in total. The van der Waals surface area contributed by atoms with Crippen molar-refractivity contribution >= 4 is 23.2 Å². The highest BCUT2D eigenvalue weighted by Crippen LogP contribution is 2.28. The maximum Gasteiger partial charge on any atom is 0.306 e. The Morgan fingerprint density at radius 3 is 2.67 bits per heavy atom. The van der Waals surface area contributed by atoms with Crippen LogP contribution in [0.15, 0.2) is 5.38 Å². The average Bonchev–Trinajstić information content (AvgIpc) is 2.70. The molecule has 0 radical (unpaired) electrons. The van der Waals surface area contributed by atoms with Gasteiger partial charge in [0.05, 0.1) is 10.9 Å². The summed E-state index contributed by atoms with van der Waals surface area (Å²) in [6.07, 6.45) is 1.03. The predicted octanol–water partition coefficient (Wildman–Crippen LogP) is 1.86. The Labute approximate surface area is 109 Å². The van der Waals surface area contributed by atoms with E-state index in [9.17, 15) is 9.59 Å². The van der Waals surface area contributed by atoms with E-state index in [1.54, 1.807) is 5.38 Å². The number of amides is 1. The lowest BCUT2D eigenvalue weighted by atomic mass is 9.80. The highest BCUT2D eigenvalue weighted by Gasteiger charge is 2.35. The number of carbonyl (C=O) groups excluding carboxylic acids is 1. The second-order valence-electron chi connectivity index (χ2n) is 4.90. The molecule has 18 heavy (non-hydrogen) atoms. The number of rotatable bonds is 4. The molecule has 5 nitrogen and oxygen atoms in total. The third-order valence-electron chi connectivity index (χ3n) is 3.07. The molecule has 1 heterocycles. The molecule has 0 unspecified atom stereocenters. The number of carboxylic acids is 1. The Hall–Kier alpha value is -1.43. The maximum absolute atomic E-state index is 11.8. The van der Waals surface area contributed by atoms with E-state index in [0.717, 1.165) is 5.01 Å². The van der Waals surface area contributed by atoms with Gasteiger partial charge in [-0.2, -0.15) is 0 Å². The topological polar surface area (TPSA) is 79.3 Å². The summed E-state index contributed by atoms with van der Waals surface area (Å²) in [5.74, 6) is -0.975. The van der Waals surface area contributed by atoms with Crippen LogP contribution in [0.4, 0.5) is 0 Å². The molecule has 1 amide bonds. The molecule has 0 aromatic carbocycles. The summed E-state index contributed by atoms with van der Waals surface area (Å²) >= 11 is 1.48. The van der Waals surface area contributed by atoms with E-state index in [0.29, 0.717) is 24.5 Å². The molecule has 98 valence electrons. The van der Waals surface area contributed by atoms with Crippen LogP contribution in [0.1, 0.15) is 48.1 Å². The van der Waals surface area contributed by atoms with Crippen LogP contribution in [0.2, 0.25) is 0 Å². The van der Waals surface area contributed by atoms with Crippen molar-refractivity contribution in [3.8, 4) is 0 Å². The Morgan fingerprint density at radius 2 is 2.17 bits per heavy atom. The summed E-state index contributed by atoms with van der Waals surface area (Å²) in [6.45, 7) is 4.06. The maximum atomic E-state index is 11.8. The van der Waals surface area contributed by atoms with E-state index in [-0.39, 0.29) is 17.9 Å². The van der Waals surface area contributed by atoms with E-state index >= 15 is 0 Å². The third kappa shape index (κ3) is 2.69. The van der Waals surface area contributed by atoms with Crippen LogP contribution in [-0.4, -0.2) is 28.0 Å². The second-order valence-corrected chi connectivity index (χ2v) is 5.79. The van der Waals surface area contributed by atoms with Crippen molar-refractivity contribution in [2.75, 3.05) is 0 Å². The summed E-state index contributed by atoms with van der Waals surface area (Å²) in [4.78, 5) is 26.7. The van der Waals surface area contributed by atoms with Crippen molar-refractivity contribution in [2.45, 2.75) is 38.6 Å². The average molecular weight is 268 g/mol. The van der Waals surface area contributed by atoms with Crippen LogP contribution >= 0.6 is 11.3 Å². The number of nitrogens with one attached hydrogen (secondary N) is 1. The normalized spacial score (nSPS) is 22.6. The number of aliphatic carboxylic acids is 1. The summed E-state index contributed by atoms with van der Waals surface area (Å²) in [5.41, 5.74) is 0.433. The molecule has 0 bridgehead atoms. The molecule has 1 fully saturated rings. The number of aromatic nitrogens is 1. The zero-order valence-corrected chi connectivity index (χ0v) is 11.2. The highest BCUT2D eigenvalue weighted by atomic mass is 32.1. The van der Waals surface area contributed by atoms with Crippen molar-refractivity contribution in [3.63, 3.8) is 0 Å². The molecule has 1 aliphatic carbocycles. The minimum absolute atomic E-state index is 0.0252. The van der Waals surface area contributed by atoms with Crippen LogP contribution in [-0.2, 0) is 4.79 Å². The van der Waals surface area contributed by atoms with Gasteiger partial charge in [-0.1, -0.05) is 13.8 Å². The SMILES string of the molecule is CC(C)c1nc(C(=O)NC2CC(C(=O)O)C2)cs1. The Balaban J connectivity index is 1.87. The van der Waals surface area contributed by atoms with E-state index in [4.69, 9.17) is 5.11 Å². The lowest BCUT2D eigenvalue weighted by Crippen LogP contribution is -2.46. The first-order chi connectivity index (χ1) is 8.47. The van der Waals surface area contributed by atoms with Crippen LogP contribution in [0.25, 0.3) is 0 Å². The molecule has 1 aromatic rings.